The fourth-order valence-corrected chi connectivity index (χ4v) is 1.42. The Balaban J connectivity index is 2.49. The van der Waals surface area contributed by atoms with E-state index < -0.39 is 0 Å². The maximum absolute atomic E-state index is 11.6. The largest absolute Gasteiger partial charge is 0.373 e. The van der Waals surface area contributed by atoms with Gasteiger partial charge < -0.3 is 10.5 Å². The smallest absolute Gasteiger partial charge is 0.188 e. The first kappa shape index (κ1) is 12.9. The topological polar surface area (TPSA) is 52.3 Å². The SMILES string of the molecule is CCCOCC(=O)c1ccc(CCN)cc1. The number of benzene rings is 1. The van der Waals surface area contributed by atoms with E-state index in [1.165, 1.54) is 0 Å². The summed E-state index contributed by atoms with van der Waals surface area (Å²) in [5.74, 6) is 0.0350. The van der Waals surface area contributed by atoms with Crippen LogP contribution >= 0.6 is 0 Å². The van der Waals surface area contributed by atoms with E-state index in [9.17, 15) is 4.79 Å². The van der Waals surface area contributed by atoms with E-state index in [2.05, 4.69) is 0 Å². The highest BCUT2D eigenvalue weighted by atomic mass is 16.5. The second-order valence-electron chi connectivity index (χ2n) is 3.71. The molecular weight excluding hydrogens is 202 g/mol. The zero-order valence-electron chi connectivity index (χ0n) is 9.74. The third-order valence-corrected chi connectivity index (χ3v) is 2.29. The van der Waals surface area contributed by atoms with Gasteiger partial charge in [0.2, 0.25) is 0 Å². The van der Waals surface area contributed by atoms with Crippen LogP contribution in [0.4, 0.5) is 0 Å². The first-order valence-electron chi connectivity index (χ1n) is 5.68. The number of ketones is 1. The Morgan fingerprint density at radius 1 is 1.31 bits per heavy atom. The summed E-state index contributed by atoms with van der Waals surface area (Å²) in [5, 5.41) is 0. The molecule has 0 aliphatic carbocycles. The highest BCUT2D eigenvalue weighted by Gasteiger charge is 2.05. The molecule has 0 spiro atoms. The molecule has 0 saturated carbocycles. The summed E-state index contributed by atoms with van der Waals surface area (Å²) in [4.78, 5) is 11.6. The molecule has 3 heteroatoms. The summed E-state index contributed by atoms with van der Waals surface area (Å²) in [6, 6.07) is 7.56. The molecule has 1 aromatic rings. The number of hydrogen-bond acceptors (Lipinski definition) is 3. The van der Waals surface area contributed by atoms with Crippen molar-refractivity contribution < 1.29 is 9.53 Å². The summed E-state index contributed by atoms with van der Waals surface area (Å²) in [5.41, 5.74) is 7.32. The van der Waals surface area contributed by atoms with Crippen LogP contribution in [-0.2, 0) is 11.2 Å². The standard InChI is InChI=1S/C13H19NO2/c1-2-9-16-10-13(15)12-5-3-11(4-6-12)7-8-14/h3-6H,2,7-10,14H2,1H3. The monoisotopic (exact) mass is 221 g/mol. The Kier molecular flexibility index (Phi) is 5.75. The molecule has 0 bridgehead atoms. The Morgan fingerprint density at radius 2 is 2.00 bits per heavy atom. The van der Waals surface area contributed by atoms with E-state index in [-0.39, 0.29) is 12.4 Å². The molecule has 0 radical (unpaired) electrons. The van der Waals surface area contributed by atoms with Gasteiger partial charge >= 0.3 is 0 Å². The van der Waals surface area contributed by atoms with Gasteiger partial charge in [-0.3, -0.25) is 4.79 Å². The van der Waals surface area contributed by atoms with Crippen molar-refractivity contribution in [1.29, 1.82) is 0 Å². The van der Waals surface area contributed by atoms with E-state index in [0.29, 0.717) is 18.7 Å². The lowest BCUT2D eigenvalue weighted by molar-refractivity contribution is 0.0761. The van der Waals surface area contributed by atoms with Crippen molar-refractivity contribution in [2.75, 3.05) is 19.8 Å². The van der Waals surface area contributed by atoms with Gasteiger partial charge in [-0.05, 0) is 24.9 Å². The lowest BCUT2D eigenvalue weighted by atomic mass is 10.1. The molecule has 16 heavy (non-hydrogen) atoms. The Hall–Kier alpha value is -1.19. The minimum Gasteiger partial charge on any atom is -0.373 e. The minimum atomic E-state index is 0.0350. The number of ether oxygens (including phenoxy) is 1. The molecule has 2 N–H and O–H groups in total. The van der Waals surface area contributed by atoms with Gasteiger partial charge in [0.15, 0.2) is 5.78 Å². The summed E-state index contributed by atoms with van der Waals surface area (Å²) in [6.07, 6.45) is 1.78. The second-order valence-corrected chi connectivity index (χ2v) is 3.71. The van der Waals surface area contributed by atoms with Crippen molar-refractivity contribution in [2.24, 2.45) is 5.73 Å². The van der Waals surface area contributed by atoms with Gasteiger partial charge in [0.25, 0.3) is 0 Å². The van der Waals surface area contributed by atoms with Crippen LogP contribution in [0.3, 0.4) is 0 Å². The van der Waals surface area contributed by atoms with Gasteiger partial charge in [-0.15, -0.1) is 0 Å². The maximum atomic E-state index is 11.6. The third-order valence-electron chi connectivity index (χ3n) is 2.29. The predicted octanol–water partition coefficient (Wildman–Crippen LogP) is 1.80. The van der Waals surface area contributed by atoms with Crippen LogP contribution in [0.15, 0.2) is 24.3 Å². The molecule has 88 valence electrons. The van der Waals surface area contributed by atoms with Crippen molar-refractivity contribution in [2.45, 2.75) is 19.8 Å². The predicted molar refractivity (Wildman–Crippen MR) is 64.6 cm³/mol. The number of rotatable bonds is 7. The van der Waals surface area contributed by atoms with E-state index in [1.54, 1.807) is 0 Å². The fourth-order valence-electron chi connectivity index (χ4n) is 1.42. The molecule has 0 aliphatic rings. The van der Waals surface area contributed by atoms with E-state index in [1.807, 2.05) is 31.2 Å². The molecule has 0 saturated heterocycles. The summed E-state index contributed by atoms with van der Waals surface area (Å²) in [6.45, 7) is 3.46. The number of carbonyl (C=O) groups excluding carboxylic acids is 1. The summed E-state index contributed by atoms with van der Waals surface area (Å²) >= 11 is 0. The molecule has 1 rings (SSSR count). The molecule has 0 unspecified atom stereocenters. The Morgan fingerprint density at radius 3 is 2.56 bits per heavy atom. The van der Waals surface area contributed by atoms with E-state index in [0.717, 1.165) is 18.4 Å². The lowest BCUT2D eigenvalue weighted by Gasteiger charge is -2.03. The molecular formula is C13H19NO2. The highest BCUT2D eigenvalue weighted by molar-refractivity contribution is 5.97. The van der Waals surface area contributed by atoms with Crippen LogP contribution < -0.4 is 5.73 Å². The van der Waals surface area contributed by atoms with Crippen molar-refractivity contribution in [3.05, 3.63) is 35.4 Å². The maximum Gasteiger partial charge on any atom is 0.188 e. The van der Waals surface area contributed by atoms with Crippen LogP contribution in [0.1, 0.15) is 29.3 Å². The fraction of sp³-hybridized carbons (Fsp3) is 0.462. The van der Waals surface area contributed by atoms with Crippen molar-refractivity contribution in [3.8, 4) is 0 Å². The van der Waals surface area contributed by atoms with Gasteiger partial charge in [-0.1, -0.05) is 31.2 Å². The van der Waals surface area contributed by atoms with Crippen LogP contribution in [0.2, 0.25) is 0 Å². The average Bonchev–Trinajstić information content (AvgIpc) is 2.30. The van der Waals surface area contributed by atoms with Gasteiger partial charge in [0.1, 0.15) is 6.61 Å². The van der Waals surface area contributed by atoms with Crippen LogP contribution in [0.5, 0.6) is 0 Å². The highest BCUT2D eigenvalue weighted by Crippen LogP contribution is 2.06. The van der Waals surface area contributed by atoms with Crippen molar-refractivity contribution in [1.82, 2.24) is 0 Å². The molecule has 0 atom stereocenters. The number of carbonyl (C=O) groups is 1. The first-order chi connectivity index (χ1) is 7.77. The Bertz CT molecular complexity index is 319. The Labute approximate surface area is 96.6 Å². The van der Waals surface area contributed by atoms with Gasteiger partial charge in [0, 0.05) is 12.2 Å². The second kappa shape index (κ2) is 7.14. The van der Waals surface area contributed by atoms with Gasteiger partial charge in [-0.25, -0.2) is 0 Å². The quantitative estimate of drug-likeness (QED) is 0.564. The molecule has 0 amide bonds. The molecule has 3 nitrogen and oxygen atoms in total. The van der Waals surface area contributed by atoms with Crippen LogP contribution in [0.25, 0.3) is 0 Å². The minimum absolute atomic E-state index is 0.0350. The summed E-state index contributed by atoms with van der Waals surface area (Å²) < 4.78 is 5.21. The van der Waals surface area contributed by atoms with Crippen molar-refractivity contribution >= 4 is 5.78 Å². The average molecular weight is 221 g/mol. The lowest BCUT2D eigenvalue weighted by Crippen LogP contribution is -2.10. The van der Waals surface area contributed by atoms with E-state index in [4.69, 9.17) is 10.5 Å². The number of Topliss-reactive ketones (excluding diaryl/α,β-unsaturated/α-hetero) is 1. The van der Waals surface area contributed by atoms with Crippen LogP contribution in [-0.4, -0.2) is 25.5 Å². The number of nitrogens with two attached hydrogens (primary N) is 1. The molecule has 0 aliphatic heterocycles. The van der Waals surface area contributed by atoms with Gasteiger partial charge in [0.05, 0.1) is 0 Å². The first-order valence-corrected chi connectivity index (χ1v) is 5.68. The molecule has 0 heterocycles. The third kappa shape index (κ3) is 4.13. The zero-order chi connectivity index (χ0) is 11.8. The zero-order valence-corrected chi connectivity index (χ0v) is 9.74. The van der Waals surface area contributed by atoms with Gasteiger partial charge in [-0.2, -0.15) is 0 Å². The molecule has 0 aromatic heterocycles. The van der Waals surface area contributed by atoms with Crippen molar-refractivity contribution in [3.63, 3.8) is 0 Å². The van der Waals surface area contributed by atoms with Crippen LogP contribution in [0, 0.1) is 0 Å². The van der Waals surface area contributed by atoms with E-state index >= 15 is 0 Å². The molecule has 0 fully saturated rings. The normalized spacial score (nSPS) is 10.4. The number of hydrogen-bond donors (Lipinski definition) is 1. The summed E-state index contributed by atoms with van der Waals surface area (Å²) in [7, 11) is 0. The molecule has 1 aromatic carbocycles.